The Balaban J connectivity index is 1.59. The molecule has 0 spiro atoms. The Morgan fingerprint density at radius 2 is 1.69 bits per heavy atom. The van der Waals surface area contributed by atoms with Crippen LogP contribution in [0.1, 0.15) is 22.9 Å². The van der Waals surface area contributed by atoms with E-state index in [0.717, 1.165) is 26.7 Å². The minimum atomic E-state index is -0.811. The van der Waals surface area contributed by atoms with Gasteiger partial charge in [-0.15, -0.1) is 22.7 Å². The summed E-state index contributed by atoms with van der Waals surface area (Å²) in [5, 5.41) is 10.7. The lowest BCUT2D eigenvalue weighted by Gasteiger charge is -2.23. The van der Waals surface area contributed by atoms with E-state index < -0.39 is 18.2 Å². The maximum Gasteiger partial charge on any atom is 0.407 e. The molecule has 0 aliphatic carbocycles. The van der Waals surface area contributed by atoms with Crippen LogP contribution in [0, 0.1) is 0 Å². The third kappa shape index (κ3) is 6.68. The molecule has 2 aromatic carbocycles. The molecule has 4 aromatic rings. The number of anilines is 1. The van der Waals surface area contributed by atoms with E-state index in [0.29, 0.717) is 18.5 Å². The normalized spacial score (nSPS) is 12.5. The molecule has 4 rings (SSSR count). The van der Waals surface area contributed by atoms with Gasteiger partial charge in [0.05, 0.1) is 23.7 Å². The summed E-state index contributed by atoms with van der Waals surface area (Å²) >= 11 is 3.16. The van der Waals surface area contributed by atoms with Gasteiger partial charge in [0.25, 0.3) is 0 Å². The minimum Gasteiger partial charge on any atom is -0.453 e. The van der Waals surface area contributed by atoms with E-state index in [4.69, 9.17) is 15.5 Å². The number of nitrogens with two attached hydrogens (primary N) is 1. The van der Waals surface area contributed by atoms with Crippen LogP contribution in [0.4, 0.5) is 10.5 Å². The largest absolute Gasteiger partial charge is 0.453 e. The lowest BCUT2D eigenvalue weighted by atomic mass is 10.0. The van der Waals surface area contributed by atoms with Gasteiger partial charge in [0.15, 0.2) is 0 Å². The number of nitrogen functional groups attached to an aromatic ring is 1. The van der Waals surface area contributed by atoms with Crippen molar-refractivity contribution in [1.29, 1.82) is 0 Å². The zero-order valence-corrected chi connectivity index (χ0v) is 20.8. The summed E-state index contributed by atoms with van der Waals surface area (Å²) in [6, 6.07) is 19.9. The van der Waals surface area contributed by atoms with Crippen LogP contribution in [0.3, 0.4) is 0 Å². The van der Waals surface area contributed by atoms with E-state index in [-0.39, 0.29) is 5.91 Å². The lowest BCUT2D eigenvalue weighted by molar-refractivity contribution is -0.123. The molecule has 2 aromatic heterocycles. The molecule has 0 fully saturated rings. The van der Waals surface area contributed by atoms with Crippen molar-refractivity contribution in [2.75, 3.05) is 12.8 Å². The van der Waals surface area contributed by atoms with Crippen LogP contribution in [0.25, 0.3) is 9.88 Å². The first-order chi connectivity index (χ1) is 17.0. The van der Waals surface area contributed by atoms with Gasteiger partial charge in [0, 0.05) is 17.5 Å². The molecule has 35 heavy (non-hydrogen) atoms. The first-order valence-corrected chi connectivity index (χ1v) is 12.8. The summed E-state index contributed by atoms with van der Waals surface area (Å²) in [7, 11) is 1.28. The van der Waals surface area contributed by atoms with Crippen LogP contribution >= 0.6 is 22.7 Å². The topological polar surface area (TPSA) is 106 Å². The fourth-order valence-corrected chi connectivity index (χ4v) is 5.30. The van der Waals surface area contributed by atoms with Crippen molar-refractivity contribution in [2.45, 2.75) is 24.9 Å². The van der Waals surface area contributed by atoms with Crippen LogP contribution < -0.4 is 16.4 Å². The number of hydrogen-bond acceptors (Lipinski definition) is 7. The monoisotopic (exact) mass is 506 g/mol. The number of methoxy groups -OCH3 is 1. The van der Waals surface area contributed by atoms with E-state index in [1.54, 1.807) is 11.3 Å². The van der Waals surface area contributed by atoms with Gasteiger partial charge in [-0.2, -0.15) is 0 Å². The van der Waals surface area contributed by atoms with E-state index >= 15 is 0 Å². The highest BCUT2D eigenvalue weighted by Gasteiger charge is 2.26. The molecule has 2 atom stereocenters. The molecule has 0 saturated carbocycles. The summed E-state index contributed by atoms with van der Waals surface area (Å²) < 4.78 is 4.76. The summed E-state index contributed by atoms with van der Waals surface area (Å²) in [6.45, 7) is 0. The first-order valence-electron chi connectivity index (χ1n) is 11.0. The average Bonchev–Trinajstić information content (AvgIpc) is 3.57. The Labute approximate surface area is 212 Å². The fourth-order valence-electron chi connectivity index (χ4n) is 3.61. The Kier molecular flexibility index (Phi) is 8.12. The van der Waals surface area contributed by atoms with Crippen LogP contribution in [-0.2, 0) is 22.4 Å². The molecule has 2 heterocycles. The summed E-state index contributed by atoms with van der Waals surface area (Å²) in [5.74, 6) is -0.314. The van der Waals surface area contributed by atoms with E-state index in [1.807, 2.05) is 77.5 Å². The predicted octanol–water partition coefficient (Wildman–Crippen LogP) is 4.82. The number of hydrogen-bond donors (Lipinski definition) is 3. The highest BCUT2D eigenvalue weighted by molar-refractivity contribution is 7.20. The minimum absolute atomic E-state index is 0.314. The summed E-state index contributed by atoms with van der Waals surface area (Å²) in [6.07, 6.45) is 0.189. The van der Waals surface area contributed by atoms with Gasteiger partial charge in [0.2, 0.25) is 5.91 Å². The zero-order chi connectivity index (χ0) is 24.6. The van der Waals surface area contributed by atoms with Gasteiger partial charge in [-0.3, -0.25) is 4.79 Å². The van der Waals surface area contributed by atoms with Gasteiger partial charge >= 0.3 is 6.09 Å². The Morgan fingerprint density at radius 3 is 2.37 bits per heavy atom. The average molecular weight is 507 g/mol. The van der Waals surface area contributed by atoms with Gasteiger partial charge in [-0.05, 0) is 41.1 Å². The highest BCUT2D eigenvalue weighted by atomic mass is 32.1. The molecule has 4 N–H and O–H groups in total. The van der Waals surface area contributed by atoms with Gasteiger partial charge in [0.1, 0.15) is 11.0 Å². The molecule has 0 bridgehead atoms. The number of carbonyl (C=O) groups is 2. The Hall–Kier alpha value is -3.69. The predicted molar refractivity (Wildman–Crippen MR) is 140 cm³/mol. The molecule has 7 nitrogen and oxygen atoms in total. The number of ether oxygens (including phenoxy) is 1. The van der Waals surface area contributed by atoms with Crippen molar-refractivity contribution in [3.05, 3.63) is 94.3 Å². The van der Waals surface area contributed by atoms with Gasteiger partial charge in [-0.1, -0.05) is 48.5 Å². The molecule has 9 heteroatoms. The highest BCUT2D eigenvalue weighted by Crippen LogP contribution is 2.30. The number of aromatic nitrogens is 1. The number of carbonyl (C=O) groups excluding carboxylic acids is 2. The lowest BCUT2D eigenvalue weighted by Crippen LogP contribution is -2.49. The molecule has 0 radical (unpaired) electrons. The van der Waals surface area contributed by atoms with Crippen molar-refractivity contribution in [3.8, 4) is 9.88 Å². The van der Waals surface area contributed by atoms with Crippen molar-refractivity contribution in [2.24, 2.45) is 0 Å². The maximum absolute atomic E-state index is 13.4. The van der Waals surface area contributed by atoms with Crippen LogP contribution in [0.15, 0.2) is 77.5 Å². The van der Waals surface area contributed by atoms with Gasteiger partial charge < -0.3 is 21.1 Å². The number of benzene rings is 2. The van der Waals surface area contributed by atoms with Crippen LogP contribution in [0.5, 0.6) is 0 Å². The number of nitrogens with one attached hydrogen (secondary N) is 2. The maximum atomic E-state index is 13.4. The number of thiazole rings is 1. The molecule has 2 amide bonds. The number of amides is 2. The third-order valence-electron chi connectivity index (χ3n) is 5.42. The van der Waals surface area contributed by atoms with Crippen LogP contribution in [-0.4, -0.2) is 30.1 Å². The second-order valence-electron chi connectivity index (χ2n) is 7.94. The number of nitrogens with zero attached hydrogens (tertiary/aromatic N) is 1. The smallest absolute Gasteiger partial charge is 0.407 e. The third-order valence-corrected chi connectivity index (χ3v) is 7.32. The number of alkyl carbamates (subject to hydrolysis) is 1. The zero-order valence-electron chi connectivity index (χ0n) is 19.1. The van der Waals surface area contributed by atoms with E-state index in [9.17, 15) is 9.59 Å². The van der Waals surface area contributed by atoms with Crippen molar-refractivity contribution >= 4 is 40.4 Å². The Morgan fingerprint density at radius 1 is 0.943 bits per heavy atom. The standard InChI is InChI=1S/C26H26N4O3S2/c1-33-26(32)30-21(15-17-6-3-2-4-7-17)24(31)28-20(14-18-9-11-19(27)12-10-18)22-16-35-25(29-22)23-8-5-13-34-23/h2-13,16,20-21H,14-15,27H2,1H3,(H,28,31)(H,30,32)/t20-,21-/m0/s1. The van der Waals surface area contributed by atoms with Crippen molar-refractivity contribution in [1.82, 2.24) is 15.6 Å². The van der Waals surface area contributed by atoms with E-state index in [2.05, 4.69) is 10.6 Å². The van der Waals surface area contributed by atoms with Crippen molar-refractivity contribution < 1.29 is 14.3 Å². The molecular weight excluding hydrogens is 480 g/mol. The first kappa shape index (κ1) is 24.4. The SMILES string of the molecule is COC(=O)N[C@@H](Cc1ccccc1)C(=O)N[C@@H](Cc1ccc(N)cc1)c1csc(-c2cccs2)n1. The Bertz CT molecular complexity index is 1240. The second kappa shape index (κ2) is 11.6. The van der Waals surface area contributed by atoms with Crippen LogP contribution in [0.2, 0.25) is 0 Å². The second-order valence-corrected chi connectivity index (χ2v) is 9.75. The molecule has 0 saturated heterocycles. The quantitative estimate of drug-likeness (QED) is 0.282. The fraction of sp³-hybridized carbons (Fsp3) is 0.192. The number of rotatable bonds is 9. The molecule has 0 unspecified atom stereocenters. The molecule has 0 aliphatic rings. The van der Waals surface area contributed by atoms with Crippen molar-refractivity contribution in [3.63, 3.8) is 0 Å². The molecular formula is C26H26N4O3S2. The molecule has 0 aliphatic heterocycles. The summed E-state index contributed by atoms with van der Waals surface area (Å²) in [4.78, 5) is 31.3. The van der Waals surface area contributed by atoms with E-state index in [1.165, 1.54) is 18.4 Å². The number of thiophene rings is 1. The molecule has 180 valence electrons. The summed E-state index contributed by atoms with van der Waals surface area (Å²) in [5.41, 5.74) is 9.22. The van der Waals surface area contributed by atoms with Gasteiger partial charge in [-0.25, -0.2) is 9.78 Å².